The Morgan fingerprint density at radius 3 is 2.53 bits per heavy atom. The summed E-state index contributed by atoms with van der Waals surface area (Å²) in [6.07, 6.45) is 0.896. The molecule has 3 rings (SSSR count). The van der Waals surface area contributed by atoms with Crippen LogP contribution in [0, 0.1) is 5.92 Å². The second-order valence-electron chi connectivity index (χ2n) is 9.80. The standard InChI is InChI=1S/C25H33N3O4/c1-16(2)10-20-11-19(13-22(29)27-20)23(30)26-14-21-12-17-8-6-7-9-18(17)15-28(21)24(31)32-25(3,4)5/h6-9,11,13,16,21H,10,12,14-15H2,1-5H3,(H,26,30)(H,27,29). The van der Waals surface area contributed by atoms with E-state index in [2.05, 4.69) is 24.1 Å². The lowest BCUT2D eigenvalue weighted by Gasteiger charge is -2.37. The molecule has 7 heteroatoms. The van der Waals surface area contributed by atoms with Crippen LogP contribution in [-0.2, 0) is 24.1 Å². The number of rotatable bonds is 5. The van der Waals surface area contributed by atoms with Gasteiger partial charge in [-0.2, -0.15) is 0 Å². The highest BCUT2D eigenvalue weighted by atomic mass is 16.6. The van der Waals surface area contributed by atoms with E-state index >= 15 is 0 Å². The van der Waals surface area contributed by atoms with Crippen LogP contribution in [0.25, 0.3) is 0 Å². The maximum absolute atomic E-state index is 12.9. The molecule has 172 valence electrons. The van der Waals surface area contributed by atoms with Gasteiger partial charge in [-0.15, -0.1) is 0 Å². The number of benzene rings is 1. The summed E-state index contributed by atoms with van der Waals surface area (Å²) >= 11 is 0. The van der Waals surface area contributed by atoms with Gasteiger partial charge in [0, 0.05) is 30.4 Å². The number of H-pyrrole nitrogens is 1. The van der Waals surface area contributed by atoms with Crippen LogP contribution < -0.4 is 10.9 Å². The highest BCUT2D eigenvalue weighted by molar-refractivity contribution is 5.94. The van der Waals surface area contributed by atoms with E-state index in [-0.39, 0.29) is 24.1 Å². The molecule has 0 spiro atoms. The Bertz CT molecular complexity index is 1040. The van der Waals surface area contributed by atoms with Crippen molar-refractivity contribution in [3.8, 4) is 0 Å². The quantitative estimate of drug-likeness (QED) is 0.744. The molecule has 1 unspecified atom stereocenters. The van der Waals surface area contributed by atoms with Crippen molar-refractivity contribution in [2.45, 2.75) is 65.6 Å². The molecule has 0 saturated carbocycles. The summed E-state index contributed by atoms with van der Waals surface area (Å²) in [7, 11) is 0. The third-order valence-corrected chi connectivity index (χ3v) is 5.27. The maximum Gasteiger partial charge on any atom is 0.410 e. The normalized spacial score (nSPS) is 15.9. The van der Waals surface area contributed by atoms with Gasteiger partial charge in [0.1, 0.15) is 5.60 Å². The second-order valence-corrected chi connectivity index (χ2v) is 9.80. The van der Waals surface area contributed by atoms with Crippen molar-refractivity contribution in [3.63, 3.8) is 0 Å². The van der Waals surface area contributed by atoms with E-state index < -0.39 is 11.7 Å². The van der Waals surface area contributed by atoms with E-state index in [9.17, 15) is 14.4 Å². The number of nitrogens with one attached hydrogen (secondary N) is 2. The van der Waals surface area contributed by atoms with Crippen molar-refractivity contribution < 1.29 is 14.3 Å². The lowest BCUT2D eigenvalue weighted by Crippen LogP contribution is -2.51. The van der Waals surface area contributed by atoms with Gasteiger partial charge in [0.05, 0.1) is 6.04 Å². The van der Waals surface area contributed by atoms with Crippen molar-refractivity contribution in [3.05, 3.63) is 69.1 Å². The van der Waals surface area contributed by atoms with Crippen molar-refractivity contribution in [2.75, 3.05) is 6.54 Å². The van der Waals surface area contributed by atoms with Gasteiger partial charge in [-0.25, -0.2) is 4.79 Å². The van der Waals surface area contributed by atoms with Crippen molar-refractivity contribution >= 4 is 12.0 Å². The first kappa shape index (κ1) is 23.6. The molecule has 1 aromatic carbocycles. The molecule has 2 aromatic rings. The molecule has 0 saturated heterocycles. The summed E-state index contributed by atoms with van der Waals surface area (Å²) in [6.45, 7) is 10.3. The number of aromatic amines is 1. The number of carbonyl (C=O) groups is 2. The smallest absolute Gasteiger partial charge is 0.410 e. The Balaban J connectivity index is 1.76. The molecule has 2 heterocycles. The first-order chi connectivity index (χ1) is 15.0. The van der Waals surface area contributed by atoms with Crippen LogP contribution in [0.1, 0.15) is 61.8 Å². The third kappa shape index (κ3) is 6.22. The van der Waals surface area contributed by atoms with Gasteiger partial charge in [-0.1, -0.05) is 38.1 Å². The fourth-order valence-corrected chi connectivity index (χ4v) is 3.90. The minimum absolute atomic E-state index is 0.249. The van der Waals surface area contributed by atoms with Crippen LogP contribution in [0.4, 0.5) is 4.79 Å². The number of hydrogen-bond acceptors (Lipinski definition) is 4. The van der Waals surface area contributed by atoms with Crippen molar-refractivity contribution in [2.24, 2.45) is 5.92 Å². The molecule has 1 atom stereocenters. The molecular formula is C25H33N3O4. The molecule has 2 N–H and O–H groups in total. The van der Waals surface area contributed by atoms with Crippen LogP contribution in [0.15, 0.2) is 41.2 Å². The first-order valence-electron chi connectivity index (χ1n) is 11.1. The molecule has 0 radical (unpaired) electrons. The van der Waals surface area contributed by atoms with Gasteiger partial charge < -0.3 is 15.0 Å². The zero-order chi connectivity index (χ0) is 23.5. The maximum atomic E-state index is 12.9. The number of pyridine rings is 1. The van der Waals surface area contributed by atoms with Crippen molar-refractivity contribution in [1.82, 2.24) is 15.2 Å². The van der Waals surface area contributed by atoms with Gasteiger partial charge in [-0.3, -0.25) is 14.5 Å². The lowest BCUT2D eigenvalue weighted by atomic mass is 9.94. The topological polar surface area (TPSA) is 91.5 Å². The molecule has 1 aliphatic rings. The van der Waals surface area contributed by atoms with Crippen molar-refractivity contribution in [1.29, 1.82) is 0 Å². The van der Waals surface area contributed by atoms with Crippen LogP contribution >= 0.6 is 0 Å². The zero-order valence-electron chi connectivity index (χ0n) is 19.5. The molecule has 1 aliphatic heterocycles. The minimum atomic E-state index is -0.611. The summed E-state index contributed by atoms with van der Waals surface area (Å²) in [4.78, 5) is 42.2. The van der Waals surface area contributed by atoms with Crippen LogP contribution in [-0.4, -0.2) is 40.1 Å². The molecule has 2 amide bonds. The molecule has 0 aliphatic carbocycles. The Labute approximate surface area is 189 Å². The molecule has 7 nitrogen and oxygen atoms in total. The number of carbonyl (C=O) groups excluding carboxylic acids is 2. The molecular weight excluding hydrogens is 406 g/mol. The first-order valence-corrected chi connectivity index (χ1v) is 11.1. The number of hydrogen-bond donors (Lipinski definition) is 2. The SMILES string of the molecule is CC(C)Cc1cc(C(=O)NCC2Cc3ccccc3CN2C(=O)OC(C)(C)C)cc(=O)[nH]1. The molecule has 32 heavy (non-hydrogen) atoms. The molecule has 1 aromatic heterocycles. The van der Waals surface area contributed by atoms with Gasteiger partial charge >= 0.3 is 6.09 Å². The van der Waals surface area contributed by atoms with Gasteiger partial charge in [0.2, 0.25) is 5.56 Å². The lowest BCUT2D eigenvalue weighted by molar-refractivity contribution is 0.0118. The number of aromatic nitrogens is 1. The summed E-state index contributed by atoms with van der Waals surface area (Å²) in [5.41, 5.74) is 2.38. The second kappa shape index (κ2) is 9.59. The Morgan fingerprint density at radius 1 is 1.19 bits per heavy atom. The van der Waals surface area contributed by atoms with Crippen LogP contribution in [0.2, 0.25) is 0 Å². The van der Waals surface area contributed by atoms with Crippen LogP contribution in [0.5, 0.6) is 0 Å². The average molecular weight is 440 g/mol. The summed E-state index contributed by atoms with van der Waals surface area (Å²) in [5, 5.41) is 2.91. The Kier molecular flexibility index (Phi) is 7.06. The van der Waals surface area contributed by atoms with Gasteiger partial charge in [0.25, 0.3) is 5.91 Å². The predicted molar refractivity (Wildman–Crippen MR) is 124 cm³/mol. The number of amides is 2. The fraction of sp³-hybridized carbons (Fsp3) is 0.480. The average Bonchev–Trinajstić information content (AvgIpc) is 2.69. The highest BCUT2D eigenvalue weighted by Gasteiger charge is 2.33. The number of nitrogens with zero attached hydrogens (tertiary/aromatic N) is 1. The van der Waals surface area contributed by atoms with E-state index in [4.69, 9.17) is 4.74 Å². The predicted octanol–water partition coefficient (Wildman–Crippen LogP) is 3.67. The Morgan fingerprint density at radius 2 is 1.88 bits per heavy atom. The molecule has 0 bridgehead atoms. The largest absolute Gasteiger partial charge is 0.444 e. The summed E-state index contributed by atoms with van der Waals surface area (Å²) in [6, 6.07) is 10.8. The van der Waals surface area contributed by atoms with Gasteiger partial charge in [0.15, 0.2) is 0 Å². The minimum Gasteiger partial charge on any atom is -0.444 e. The van der Waals surface area contributed by atoms with E-state index in [1.807, 2.05) is 45.0 Å². The van der Waals surface area contributed by atoms with Gasteiger partial charge in [-0.05, 0) is 56.7 Å². The van der Waals surface area contributed by atoms with E-state index in [1.165, 1.54) is 6.07 Å². The fourth-order valence-electron chi connectivity index (χ4n) is 3.90. The van der Waals surface area contributed by atoms with Crippen LogP contribution in [0.3, 0.4) is 0 Å². The summed E-state index contributed by atoms with van der Waals surface area (Å²) in [5.74, 6) is 0.0257. The number of fused-ring (bicyclic) bond motifs is 1. The van der Waals surface area contributed by atoms with E-state index in [1.54, 1.807) is 11.0 Å². The Hall–Kier alpha value is -3.09. The molecule has 0 fully saturated rings. The summed E-state index contributed by atoms with van der Waals surface area (Å²) < 4.78 is 5.61. The number of ether oxygens (including phenoxy) is 1. The monoisotopic (exact) mass is 439 g/mol. The van der Waals surface area contributed by atoms with E-state index in [0.717, 1.165) is 16.8 Å². The third-order valence-electron chi connectivity index (χ3n) is 5.27. The zero-order valence-corrected chi connectivity index (χ0v) is 19.5. The van der Waals surface area contributed by atoms with E-state index in [0.29, 0.717) is 30.9 Å². The highest BCUT2D eigenvalue weighted by Crippen LogP contribution is 2.25.